The molecular formula is C13H21ClN4. The summed E-state index contributed by atoms with van der Waals surface area (Å²) in [6.07, 6.45) is 3.97. The third kappa shape index (κ3) is 2.06. The van der Waals surface area contributed by atoms with Crippen molar-refractivity contribution in [2.24, 2.45) is 7.05 Å². The second-order valence-corrected chi connectivity index (χ2v) is 5.86. The van der Waals surface area contributed by atoms with Crippen molar-refractivity contribution in [3.63, 3.8) is 0 Å². The molecule has 18 heavy (non-hydrogen) atoms. The number of halogens is 1. The van der Waals surface area contributed by atoms with Crippen molar-refractivity contribution in [1.29, 1.82) is 0 Å². The molecule has 0 amide bonds. The lowest BCUT2D eigenvalue weighted by molar-refractivity contribution is 0.298. The van der Waals surface area contributed by atoms with Crippen LogP contribution in [0, 0.1) is 6.92 Å². The standard InChI is InChI=1S/C13H21ClN4/c1-9-10(13(14)17(2)16-9)8-15-11-5-7-18-6-3-4-12(11)18/h11-12,15H,3-8H2,1-2H3. The van der Waals surface area contributed by atoms with Gasteiger partial charge in [0.25, 0.3) is 0 Å². The number of nitrogens with zero attached hydrogens (tertiary/aromatic N) is 3. The molecule has 0 saturated carbocycles. The van der Waals surface area contributed by atoms with Crippen molar-refractivity contribution in [2.75, 3.05) is 13.1 Å². The Bertz CT molecular complexity index is 442. The number of fused-ring (bicyclic) bond motifs is 1. The fourth-order valence-electron chi connectivity index (χ4n) is 3.43. The second kappa shape index (κ2) is 4.83. The maximum absolute atomic E-state index is 6.26. The van der Waals surface area contributed by atoms with Crippen molar-refractivity contribution in [2.45, 2.75) is 44.8 Å². The fourth-order valence-corrected chi connectivity index (χ4v) is 3.67. The molecule has 1 N–H and O–H groups in total. The summed E-state index contributed by atoms with van der Waals surface area (Å²) in [5.74, 6) is 0. The minimum absolute atomic E-state index is 0.628. The van der Waals surface area contributed by atoms with Gasteiger partial charge in [0.2, 0.25) is 0 Å². The normalized spacial score (nSPS) is 27.9. The van der Waals surface area contributed by atoms with Gasteiger partial charge in [0.05, 0.1) is 5.69 Å². The van der Waals surface area contributed by atoms with E-state index < -0.39 is 0 Å². The lowest BCUT2D eigenvalue weighted by atomic mass is 10.1. The highest BCUT2D eigenvalue weighted by Gasteiger charge is 2.36. The molecule has 0 radical (unpaired) electrons. The van der Waals surface area contributed by atoms with Crippen LogP contribution in [0.5, 0.6) is 0 Å². The smallest absolute Gasteiger partial charge is 0.131 e. The van der Waals surface area contributed by atoms with Gasteiger partial charge in [-0.25, -0.2) is 0 Å². The number of hydrogen-bond donors (Lipinski definition) is 1. The van der Waals surface area contributed by atoms with Crippen molar-refractivity contribution >= 4 is 11.6 Å². The molecule has 4 nitrogen and oxygen atoms in total. The summed E-state index contributed by atoms with van der Waals surface area (Å²) in [7, 11) is 1.90. The molecule has 2 aliphatic rings. The Kier molecular flexibility index (Phi) is 3.34. The molecule has 0 aliphatic carbocycles. The summed E-state index contributed by atoms with van der Waals surface area (Å²) < 4.78 is 1.75. The maximum Gasteiger partial charge on any atom is 0.131 e. The summed E-state index contributed by atoms with van der Waals surface area (Å²) >= 11 is 6.26. The van der Waals surface area contributed by atoms with Crippen molar-refractivity contribution < 1.29 is 0 Å². The van der Waals surface area contributed by atoms with E-state index in [4.69, 9.17) is 11.6 Å². The highest BCUT2D eigenvalue weighted by molar-refractivity contribution is 6.30. The van der Waals surface area contributed by atoms with Gasteiger partial charge in [0.15, 0.2) is 0 Å². The largest absolute Gasteiger partial charge is 0.308 e. The number of aryl methyl sites for hydroxylation is 2. The first-order valence-electron chi connectivity index (χ1n) is 6.82. The first-order chi connectivity index (χ1) is 8.66. The molecule has 2 fully saturated rings. The van der Waals surface area contributed by atoms with E-state index in [0.29, 0.717) is 6.04 Å². The number of hydrogen-bond acceptors (Lipinski definition) is 3. The molecule has 5 heteroatoms. The summed E-state index contributed by atoms with van der Waals surface area (Å²) in [4.78, 5) is 2.62. The van der Waals surface area contributed by atoms with Crippen LogP contribution in [0.3, 0.4) is 0 Å². The second-order valence-electron chi connectivity index (χ2n) is 5.50. The molecule has 2 saturated heterocycles. The number of nitrogens with one attached hydrogen (secondary N) is 1. The van der Waals surface area contributed by atoms with Gasteiger partial charge in [-0.2, -0.15) is 5.10 Å². The zero-order valence-corrected chi connectivity index (χ0v) is 11.9. The lowest BCUT2D eigenvalue weighted by Gasteiger charge is -2.21. The molecule has 0 bridgehead atoms. The topological polar surface area (TPSA) is 33.1 Å². The van der Waals surface area contributed by atoms with Gasteiger partial charge < -0.3 is 5.32 Å². The van der Waals surface area contributed by atoms with Crippen LogP contribution in [0.25, 0.3) is 0 Å². The van der Waals surface area contributed by atoms with Gasteiger partial charge in [0.1, 0.15) is 5.15 Å². The first-order valence-corrected chi connectivity index (χ1v) is 7.20. The van der Waals surface area contributed by atoms with Crippen LogP contribution in [-0.4, -0.2) is 39.9 Å². The molecule has 0 spiro atoms. The molecule has 2 atom stereocenters. The zero-order valence-electron chi connectivity index (χ0n) is 11.1. The fraction of sp³-hybridized carbons (Fsp3) is 0.769. The summed E-state index contributed by atoms with van der Waals surface area (Å²) in [5, 5.41) is 8.81. The molecule has 0 aromatic carbocycles. The van der Waals surface area contributed by atoms with Crippen LogP contribution in [0.15, 0.2) is 0 Å². The summed E-state index contributed by atoms with van der Waals surface area (Å²) in [6, 6.07) is 1.38. The number of rotatable bonds is 3. The molecule has 2 unspecified atom stereocenters. The molecule has 1 aromatic rings. The highest BCUT2D eigenvalue weighted by Crippen LogP contribution is 2.28. The van der Waals surface area contributed by atoms with E-state index in [-0.39, 0.29) is 0 Å². The molecule has 100 valence electrons. The van der Waals surface area contributed by atoms with Crippen LogP contribution >= 0.6 is 11.6 Å². The first kappa shape index (κ1) is 12.5. The van der Waals surface area contributed by atoms with E-state index in [9.17, 15) is 0 Å². The average molecular weight is 269 g/mol. The van der Waals surface area contributed by atoms with Crippen LogP contribution in [0.2, 0.25) is 5.15 Å². The Morgan fingerprint density at radius 2 is 2.22 bits per heavy atom. The minimum atomic E-state index is 0.628. The van der Waals surface area contributed by atoms with Crippen molar-refractivity contribution in [3.8, 4) is 0 Å². The SMILES string of the molecule is Cc1nn(C)c(Cl)c1CNC1CCN2CCCC12. The van der Waals surface area contributed by atoms with Gasteiger partial charge >= 0.3 is 0 Å². The molecular weight excluding hydrogens is 248 g/mol. The van der Waals surface area contributed by atoms with Crippen molar-refractivity contribution in [1.82, 2.24) is 20.0 Å². The van der Waals surface area contributed by atoms with E-state index in [0.717, 1.165) is 29.0 Å². The predicted molar refractivity (Wildman–Crippen MR) is 72.8 cm³/mol. The van der Waals surface area contributed by atoms with E-state index in [1.165, 1.54) is 32.4 Å². The Morgan fingerprint density at radius 1 is 1.39 bits per heavy atom. The predicted octanol–water partition coefficient (Wildman–Crippen LogP) is 1.71. The van der Waals surface area contributed by atoms with E-state index >= 15 is 0 Å². The van der Waals surface area contributed by atoms with Gasteiger partial charge in [-0.05, 0) is 32.7 Å². The molecule has 2 aliphatic heterocycles. The van der Waals surface area contributed by atoms with Crippen LogP contribution in [0.1, 0.15) is 30.5 Å². The van der Waals surface area contributed by atoms with Crippen molar-refractivity contribution in [3.05, 3.63) is 16.4 Å². The Hall–Kier alpha value is -0.580. The molecule has 1 aromatic heterocycles. The third-order valence-corrected chi connectivity index (χ3v) is 4.89. The monoisotopic (exact) mass is 268 g/mol. The van der Waals surface area contributed by atoms with Crippen LogP contribution in [-0.2, 0) is 13.6 Å². The lowest BCUT2D eigenvalue weighted by Crippen LogP contribution is -2.38. The maximum atomic E-state index is 6.26. The summed E-state index contributed by atoms with van der Waals surface area (Å²) in [6.45, 7) is 5.41. The van der Waals surface area contributed by atoms with E-state index in [1.54, 1.807) is 4.68 Å². The molecule has 3 heterocycles. The molecule has 3 rings (SSSR count). The van der Waals surface area contributed by atoms with Gasteiger partial charge in [-0.15, -0.1) is 0 Å². The van der Waals surface area contributed by atoms with E-state index in [1.807, 2.05) is 14.0 Å². The Balaban J connectivity index is 1.64. The quantitative estimate of drug-likeness (QED) is 0.906. The van der Waals surface area contributed by atoms with Gasteiger partial charge in [-0.3, -0.25) is 9.58 Å². The summed E-state index contributed by atoms with van der Waals surface area (Å²) in [5.41, 5.74) is 2.19. The van der Waals surface area contributed by atoms with E-state index in [2.05, 4.69) is 15.3 Å². The average Bonchev–Trinajstić information content (AvgIpc) is 2.97. The third-order valence-electron chi connectivity index (χ3n) is 4.42. The minimum Gasteiger partial charge on any atom is -0.308 e. The van der Waals surface area contributed by atoms with Crippen LogP contribution < -0.4 is 5.32 Å². The Labute approximate surface area is 113 Å². The van der Waals surface area contributed by atoms with Crippen LogP contribution in [0.4, 0.5) is 0 Å². The van der Waals surface area contributed by atoms with Gasteiger partial charge in [0, 0.05) is 37.8 Å². The number of aromatic nitrogens is 2. The highest BCUT2D eigenvalue weighted by atomic mass is 35.5. The Morgan fingerprint density at radius 3 is 2.94 bits per heavy atom. The zero-order chi connectivity index (χ0) is 12.7. The van der Waals surface area contributed by atoms with Gasteiger partial charge in [-0.1, -0.05) is 11.6 Å².